The summed E-state index contributed by atoms with van der Waals surface area (Å²) < 4.78 is 28.1. The number of amides is 1. The zero-order valence-electron chi connectivity index (χ0n) is 17.1. The van der Waals surface area contributed by atoms with Gasteiger partial charge in [0.1, 0.15) is 11.3 Å². The van der Waals surface area contributed by atoms with Crippen molar-refractivity contribution in [2.24, 2.45) is 0 Å². The first kappa shape index (κ1) is 21.3. The number of thiazole rings is 1. The molecule has 0 aliphatic carbocycles. The van der Waals surface area contributed by atoms with E-state index < -0.39 is 11.6 Å². The Morgan fingerprint density at radius 3 is 2.55 bits per heavy atom. The average Bonchev–Trinajstić information content (AvgIpc) is 3.04. The molecule has 154 valence electrons. The van der Waals surface area contributed by atoms with Crippen molar-refractivity contribution in [1.29, 1.82) is 0 Å². The molecule has 0 fully saturated rings. The molecule has 0 unspecified atom stereocenters. The average molecular weight is 418 g/mol. The molecule has 0 atom stereocenters. The minimum atomic E-state index is -0.711. The fourth-order valence-corrected chi connectivity index (χ4v) is 4.28. The monoisotopic (exact) mass is 417 g/mol. The molecular weight excluding hydrogens is 392 g/mol. The second-order valence-corrected chi connectivity index (χ2v) is 8.55. The molecule has 0 N–H and O–H groups in total. The summed E-state index contributed by atoms with van der Waals surface area (Å²) in [4.78, 5) is 21.1. The summed E-state index contributed by atoms with van der Waals surface area (Å²) in [6.07, 6.45) is 0.985. The molecule has 0 radical (unpaired) electrons. The SMILES string of the molecule is Cc1ccc(CC(=O)N(CCCN(C)C)c2nc3c(F)cc(F)cc3s2)c(C)c1. The van der Waals surface area contributed by atoms with E-state index in [0.29, 0.717) is 16.4 Å². The van der Waals surface area contributed by atoms with Crippen LogP contribution in [0.3, 0.4) is 0 Å². The van der Waals surface area contributed by atoms with Crippen LogP contribution in [0.25, 0.3) is 10.2 Å². The zero-order valence-corrected chi connectivity index (χ0v) is 17.9. The van der Waals surface area contributed by atoms with Crippen LogP contribution >= 0.6 is 11.3 Å². The van der Waals surface area contributed by atoms with Crippen molar-refractivity contribution >= 4 is 32.6 Å². The van der Waals surface area contributed by atoms with Gasteiger partial charge in [-0.25, -0.2) is 13.8 Å². The third kappa shape index (κ3) is 5.16. The molecule has 0 bridgehead atoms. The molecule has 0 aliphatic heterocycles. The molecule has 1 amide bonds. The summed E-state index contributed by atoms with van der Waals surface area (Å²) in [6.45, 7) is 5.27. The molecule has 3 aromatic rings. The number of carbonyl (C=O) groups is 1. The Morgan fingerprint density at radius 2 is 1.86 bits per heavy atom. The number of anilines is 1. The van der Waals surface area contributed by atoms with Crippen molar-refractivity contribution < 1.29 is 13.6 Å². The Labute approximate surface area is 173 Å². The summed E-state index contributed by atoms with van der Waals surface area (Å²) in [5.74, 6) is -1.46. The lowest BCUT2D eigenvalue weighted by Gasteiger charge is -2.21. The van der Waals surface area contributed by atoms with Gasteiger partial charge < -0.3 is 4.90 Å². The normalized spacial score (nSPS) is 11.4. The minimum Gasteiger partial charge on any atom is -0.309 e. The van der Waals surface area contributed by atoms with Gasteiger partial charge in [-0.2, -0.15) is 0 Å². The maximum absolute atomic E-state index is 14.1. The van der Waals surface area contributed by atoms with Crippen LogP contribution < -0.4 is 4.90 Å². The van der Waals surface area contributed by atoms with E-state index in [1.54, 1.807) is 4.90 Å². The largest absolute Gasteiger partial charge is 0.309 e. The third-order valence-electron chi connectivity index (χ3n) is 4.76. The molecule has 4 nitrogen and oxygen atoms in total. The predicted molar refractivity (Wildman–Crippen MR) is 115 cm³/mol. The van der Waals surface area contributed by atoms with E-state index in [4.69, 9.17) is 0 Å². The van der Waals surface area contributed by atoms with Crippen LogP contribution in [0.4, 0.5) is 13.9 Å². The summed E-state index contributed by atoms with van der Waals surface area (Å²) in [5.41, 5.74) is 3.26. The smallest absolute Gasteiger partial charge is 0.233 e. The van der Waals surface area contributed by atoms with Gasteiger partial charge in [0.25, 0.3) is 0 Å². The third-order valence-corrected chi connectivity index (χ3v) is 5.79. The van der Waals surface area contributed by atoms with E-state index in [0.717, 1.165) is 47.1 Å². The maximum Gasteiger partial charge on any atom is 0.233 e. The molecule has 0 spiro atoms. The van der Waals surface area contributed by atoms with E-state index in [9.17, 15) is 13.6 Å². The highest BCUT2D eigenvalue weighted by Crippen LogP contribution is 2.31. The summed E-state index contributed by atoms with van der Waals surface area (Å²) in [5, 5.41) is 0.401. The van der Waals surface area contributed by atoms with Crippen molar-refractivity contribution in [2.45, 2.75) is 26.7 Å². The second kappa shape index (κ2) is 8.97. The maximum atomic E-state index is 14.1. The van der Waals surface area contributed by atoms with Gasteiger partial charge in [-0.1, -0.05) is 35.1 Å². The standard InChI is InChI=1S/C22H25F2N3OS/c1-14-6-7-16(15(2)10-14)11-20(28)27(9-5-8-26(3)4)22-25-21-18(24)12-17(23)13-19(21)29-22/h6-7,10,12-13H,5,8-9,11H2,1-4H3. The topological polar surface area (TPSA) is 36.4 Å². The van der Waals surface area contributed by atoms with Gasteiger partial charge in [0.15, 0.2) is 10.9 Å². The van der Waals surface area contributed by atoms with Crippen LogP contribution in [0.1, 0.15) is 23.1 Å². The first-order valence-electron chi connectivity index (χ1n) is 9.51. The first-order valence-corrected chi connectivity index (χ1v) is 10.3. The van der Waals surface area contributed by atoms with E-state index in [2.05, 4.69) is 11.1 Å². The van der Waals surface area contributed by atoms with Gasteiger partial charge in [-0.3, -0.25) is 9.69 Å². The number of hydrogen-bond donors (Lipinski definition) is 0. The van der Waals surface area contributed by atoms with Crippen LogP contribution in [0, 0.1) is 25.5 Å². The molecule has 7 heteroatoms. The second-order valence-electron chi connectivity index (χ2n) is 7.54. The molecule has 1 aromatic heterocycles. The van der Waals surface area contributed by atoms with Crippen molar-refractivity contribution in [3.63, 3.8) is 0 Å². The molecule has 0 aliphatic rings. The van der Waals surface area contributed by atoms with Gasteiger partial charge in [0.05, 0.1) is 11.1 Å². The van der Waals surface area contributed by atoms with Crippen LogP contribution in [0.15, 0.2) is 30.3 Å². The Kier molecular flexibility index (Phi) is 6.59. The lowest BCUT2D eigenvalue weighted by atomic mass is 10.0. The van der Waals surface area contributed by atoms with Crippen molar-refractivity contribution in [1.82, 2.24) is 9.88 Å². The number of aromatic nitrogens is 1. The summed E-state index contributed by atoms with van der Waals surface area (Å²) in [7, 11) is 3.94. The number of hydrogen-bond acceptors (Lipinski definition) is 4. The van der Waals surface area contributed by atoms with Crippen LogP contribution in [-0.2, 0) is 11.2 Å². The Hall–Kier alpha value is -2.38. The quantitative estimate of drug-likeness (QED) is 0.558. The Balaban J connectivity index is 1.91. The fraction of sp³-hybridized carbons (Fsp3) is 0.364. The van der Waals surface area contributed by atoms with Crippen molar-refractivity contribution in [3.8, 4) is 0 Å². The fourth-order valence-electron chi connectivity index (χ4n) is 3.24. The van der Waals surface area contributed by atoms with Gasteiger partial charge in [0, 0.05) is 12.6 Å². The van der Waals surface area contributed by atoms with Gasteiger partial charge in [0.2, 0.25) is 5.91 Å². The number of fused-ring (bicyclic) bond motifs is 1. The highest BCUT2D eigenvalue weighted by molar-refractivity contribution is 7.22. The number of nitrogens with zero attached hydrogens (tertiary/aromatic N) is 3. The van der Waals surface area contributed by atoms with E-state index in [1.807, 2.05) is 45.0 Å². The lowest BCUT2D eigenvalue weighted by molar-refractivity contribution is -0.118. The lowest BCUT2D eigenvalue weighted by Crippen LogP contribution is -2.34. The number of halogens is 2. The molecule has 0 saturated carbocycles. The van der Waals surface area contributed by atoms with Crippen LogP contribution in [-0.4, -0.2) is 43.0 Å². The number of benzene rings is 2. The molecule has 29 heavy (non-hydrogen) atoms. The van der Waals surface area contributed by atoms with E-state index in [-0.39, 0.29) is 17.8 Å². The van der Waals surface area contributed by atoms with Crippen molar-refractivity contribution in [2.75, 3.05) is 32.1 Å². The summed E-state index contributed by atoms with van der Waals surface area (Å²) >= 11 is 1.14. The predicted octanol–water partition coefficient (Wildman–Crippen LogP) is 4.72. The van der Waals surface area contributed by atoms with Gasteiger partial charge in [-0.05, 0) is 58.1 Å². The molecule has 3 rings (SSSR count). The van der Waals surface area contributed by atoms with E-state index in [1.165, 1.54) is 6.07 Å². The van der Waals surface area contributed by atoms with Gasteiger partial charge in [-0.15, -0.1) is 0 Å². The molecule has 0 saturated heterocycles. The number of carbonyl (C=O) groups excluding carboxylic acids is 1. The number of aryl methyl sites for hydroxylation is 2. The first-order chi connectivity index (χ1) is 13.7. The van der Waals surface area contributed by atoms with E-state index >= 15 is 0 Å². The number of rotatable bonds is 7. The Morgan fingerprint density at radius 1 is 1.10 bits per heavy atom. The molecule has 2 aromatic carbocycles. The van der Waals surface area contributed by atoms with Crippen LogP contribution in [0.5, 0.6) is 0 Å². The highest BCUT2D eigenvalue weighted by atomic mass is 32.1. The zero-order chi connectivity index (χ0) is 21.1. The van der Waals surface area contributed by atoms with Crippen molar-refractivity contribution in [3.05, 3.63) is 58.7 Å². The highest BCUT2D eigenvalue weighted by Gasteiger charge is 2.22. The minimum absolute atomic E-state index is 0.100. The van der Waals surface area contributed by atoms with Crippen LogP contribution in [0.2, 0.25) is 0 Å². The summed E-state index contributed by atoms with van der Waals surface area (Å²) in [6, 6.07) is 8.08. The van der Waals surface area contributed by atoms with Gasteiger partial charge >= 0.3 is 0 Å². The Bertz CT molecular complexity index is 1030. The molecular formula is C22H25F2N3OS. The molecule has 1 heterocycles.